The van der Waals surface area contributed by atoms with E-state index in [-0.39, 0.29) is 11.9 Å². The van der Waals surface area contributed by atoms with Crippen LogP contribution >= 0.6 is 0 Å². The minimum absolute atomic E-state index is 0.00401. The molecule has 86 valence electrons. The summed E-state index contributed by atoms with van der Waals surface area (Å²) in [6.07, 6.45) is 2.52. The highest BCUT2D eigenvalue weighted by Crippen LogP contribution is 2.11. The lowest BCUT2D eigenvalue weighted by Crippen LogP contribution is -2.39. The number of carboxylic acid groups (broad SMARTS) is 1. The highest BCUT2D eigenvalue weighted by Gasteiger charge is 2.17. The summed E-state index contributed by atoms with van der Waals surface area (Å²) in [5, 5.41) is 11.7. The molecule has 0 aliphatic carbocycles. The van der Waals surface area contributed by atoms with Gasteiger partial charge in [-0.25, -0.2) is 4.79 Å². The fourth-order valence-corrected chi connectivity index (χ4v) is 1.94. The summed E-state index contributed by atoms with van der Waals surface area (Å²) in [5.41, 5.74) is 0. The van der Waals surface area contributed by atoms with Gasteiger partial charge in [0.25, 0.3) is 0 Å². The SMILES string of the molecule is CC(=O)NC1CCCN(C(=O)O)CCC1. The number of amides is 2. The fraction of sp³-hybridized carbons (Fsp3) is 0.800. The van der Waals surface area contributed by atoms with Crippen LogP contribution in [-0.4, -0.2) is 41.1 Å². The average Bonchev–Trinajstić information content (AvgIpc) is 2.07. The first-order chi connectivity index (χ1) is 7.09. The summed E-state index contributed by atoms with van der Waals surface area (Å²) >= 11 is 0. The van der Waals surface area contributed by atoms with Gasteiger partial charge < -0.3 is 15.3 Å². The molecule has 1 aliphatic rings. The standard InChI is InChI=1S/C10H18N2O3/c1-8(13)11-9-4-2-6-12(10(14)15)7-3-5-9/h9H,2-7H2,1H3,(H,11,13)(H,14,15). The number of carbonyl (C=O) groups excluding carboxylic acids is 1. The van der Waals surface area contributed by atoms with Gasteiger partial charge in [-0.2, -0.15) is 0 Å². The summed E-state index contributed by atoms with van der Waals surface area (Å²) in [6.45, 7) is 2.67. The first-order valence-corrected chi connectivity index (χ1v) is 5.34. The Hall–Kier alpha value is -1.26. The first kappa shape index (κ1) is 11.8. The monoisotopic (exact) mass is 214 g/mol. The van der Waals surface area contributed by atoms with E-state index in [0.717, 1.165) is 25.7 Å². The summed E-state index contributed by atoms with van der Waals surface area (Å²) in [7, 11) is 0. The van der Waals surface area contributed by atoms with Crippen LogP contribution in [0.1, 0.15) is 32.6 Å². The Morgan fingerprint density at radius 2 is 1.80 bits per heavy atom. The number of likely N-dealkylation sites (tertiary alicyclic amines) is 1. The van der Waals surface area contributed by atoms with Crippen molar-refractivity contribution in [2.24, 2.45) is 0 Å². The van der Waals surface area contributed by atoms with Crippen molar-refractivity contribution in [2.45, 2.75) is 38.6 Å². The van der Waals surface area contributed by atoms with E-state index in [1.807, 2.05) is 0 Å². The molecule has 0 unspecified atom stereocenters. The van der Waals surface area contributed by atoms with Crippen molar-refractivity contribution in [1.82, 2.24) is 10.2 Å². The van der Waals surface area contributed by atoms with Gasteiger partial charge >= 0.3 is 6.09 Å². The van der Waals surface area contributed by atoms with E-state index in [9.17, 15) is 9.59 Å². The minimum Gasteiger partial charge on any atom is -0.465 e. The average molecular weight is 214 g/mol. The summed E-state index contributed by atoms with van der Waals surface area (Å²) in [6, 6.07) is 0.221. The van der Waals surface area contributed by atoms with E-state index in [1.54, 1.807) is 0 Å². The lowest BCUT2D eigenvalue weighted by molar-refractivity contribution is -0.119. The van der Waals surface area contributed by atoms with Gasteiger partial charge in [0.05, 0.1) is 0 Å². The fourth-order valence-electron chi connectivity index (χ4n) is 1.94. The molecule has 1 heterocycles. The second-order valence-corrected chi connectivity index (χ2v) is 3.95. The minimum atomic E-state index is -0.840. The molecule has 0 aromatic carbocycles. The lowest BCUT2D eigenvalue weighted by Gasteiger charge is -2.26. The number of carbonyl (C=O) groups is 2. The molecule has 0 spiro atoms. The molecule has 1 rings (SSSR count). The second kappa shape index (κ2) is 5.58. The number of nitrogens with one attached hydrogen (secondary N) is 1. The maximum atomic E-state index is 10.9. The molecule has 0 atom stereocenters. The molecule has 2 N–H and O–H groups in total. The van der Waals surface area contributed by atoms with E-state index >= 15 is 0 Å². The van der Waals surface area contributed by atoms with Crippen LogP contribution < -0.4 is 5.32 Å². The topological polar surface area (TPSA) is 69.6 Å². The Bertz CT molecular complexity index is 233. The normalized spacial score (nSPS) is 19.1. The molecule has 0 radical (unpaired) electrons. The van der Waals surface area contributed by atoms with Gasteiger partial charge in [0.1, 0.15) is 0 Å². The van der Waals surface area contributed by atoms with Crippen LogP contribution in [0.2, 0.25) is 0 Å². The molecular formula is C10H18N2O3. The lowest BCUT2D eigenvalue weighted by atomic mass is 10.0. The third-order valence-electron chi connectivity index (χ3n) is 2.64. The zero-order valence-electron chi connectivity index (χ0n) is 9.03. The van der Waals surface area contributed by atoms with E-state index in [2.05, 4.69) is 5.32 Å². The molecule has 1 aliphatic heterocycles. The zero-order valence-corrected chi connectivity index (χ0v) is 9.03. The third-order valence-corrected chi connectivity index (χ3v) is 2.64. The smallest absolute Gasteiger partial charge is 0.407 e. The van der Waals surface area contributed by atoms with Crippen molar-refractivity contribution in [3.05, 3.63) is 0 Å². The molecule has 15 heavy (non-hydrogen) atoms. The van der Waals surface area contributed by atoms with Crippen LogP contribution in [-0.2, 0) is 4.79 Å². The Labute approximate surface area is 89.4 Å². The van der Waals surface area contributed by atoms with Gasteiger partial charge in [-0.05, 0) is 25.7 Å². The summed E-state index contributed by atoms with van der Waals surface area (Å²) < 4.78 is 0. The number of hydrogen-bond donors (Lipinski definition) is 2. The van der Waals surface area contributed by atoms with Crippen LogP contribution in [0.15, 0.2) is 0 Å². The van der Waals surface area contributed by atoms with Crippen molar-refractivity contribution in [1.29, 1.82) is 0 Å². The van der Waals surface area contributed by atoms with Crippen molar-refractivity contribution in [2.75, 3.05) is 13.1 Å². The van der Waals surface area contributed by atoms with E-state index in [1.165, 1.54) is 11.8 Å². The van der Waals surface area contributed by atoms with Crippen LogP contribution in [0, 0.1) is 0 Å². The summed E-state index contributed by atoms with van der Waals surface area (Å²) in [4.78, 5) is 23.1. The molecule has 1 saturated heterocycles. The van der Waals surface area contributed by atoms with Gasteiger partial charge in [-0.3, -0.25) is 4.79 Å². The van der Waals surface area contributed by atoms with E-state index < -0.39 is 6.09 Å². The quantitative estimate of drug-likeness (QED) is 0.685. The number of hydrogen-bond acceptors (Lipinski definition) is 2. The van der Waals surface area contributed by atoms with Gasteiger partial charge in [0.15, 0.2) is 0 Å². The molecule has 1 fully saturated rings. The number of rotatable bonds is 1. The van der Waals surface area contributed by atoms with E-state index in [0.29, 0.717) is 13.1 Å². The largest absolute Gasteiger partial charge is 0.465 e. The first-order valence-electron chi connectivity index (χ1n) is 5.34. The Kier molecular flexibility index (Phi) is 4.39. The zero-order chi connectivity index (χ0) is 11.3. The highest BCUT2D eigenvalue weighted by atomic mass is 16.4. The Balaban J connectivity index is 2.36. The van der Waals surface area contributed by atoms with Gasteiger partial charge in [0.2, 0.25) is 5.91 Å². The van der Waals surface area contributed by atoms with Crippen molar-refractivity contribution in [3.63, 3.8) is 0 Å². The van der Waals surface area contributed by atoms with Gasteiger partial charge in [0, 0.05) is 26.1 Å². The van der Waals surface area contributed by atoms with Crippen molar-refractivity contribution >= 4 is 12.0 Å². The predicted octanol–water partition coefficient (Wildman–Crippen LogP) is 1.05. The molecule has 0 aromatic rings. The molecule has 2 amide bonds. The molecule has 0 saturated carbocycles. The molecule has 5 nitrogen and oxygen atoms in total. The molecular weight excluding hydrogens is 196 g/mol. The van der Waals surface area contributed by atoms with Crippen molar-refractivity contribution in [3.8, 4) is 0 Å². The maximum absolute atomic E-state index is 10.9. The maximum Gasteiger partial charge on any atom is 0.407 e. The Morgan fingerprint density at radius 3 is 2.20 bits per heavy atom. The van der Waals surface area contributed by atoms with Gasteiger partial charge in [-0.1, -0.05) is 0 Å². The Morgan fingerprint density at radius 1 is 1.27 bits per heavy atom. The molecule has 0 aromatic heterocycles. The van der Waals surface area contributed by atoms with Crippen LogP contribution in [0.3, 0.4) is 0 Å². The van der Waals surface area contributed by atoms with Crippen LogP contribution in [0.5, 0.6) is 0 Å². The molecule has 5 heteroatoms. The highest BCUT2D eigenvalue weighted by molar-refractivity contribution is 5.73. The predicted molar refractivity (Wildman–Crippen MR) is 55.7 cm³/mol. The van der Waals surface area contributed by atoms with Crippen molar-refractivity contribution < 1.29 is 14.7 Å². The number of nitrogens with zero attached hydrogens (tertiary/aromatic N) is 1. The summed E-state index contributed by atoms with van der Waals surface area (Å²) in [5.74, 6) is -0.00401. The second-order valence-electron chi connectivity index (χ2n) is 3.95. The molecule has 0 bridgehead atoms. The van der Waals surface area contributed by atoms with Crippen LogP contribution in [0.25, 0.3) is 0 Å². The van der Waals surface area contributed by atoms with E-state index in [4.69, 9.17) is 5.11 Å². The van der Waals surface area contributed by atoms with Crippen LogP contribution in [0.4, 0.5) is 4.79 Å². The third kappa shape index (κ3) is 4.18. The van der Waals surface area contributed by atoms with Gasteiger partial charge in [-0.15, -0.1) is 0 Å².